The first-order valence-electron chi connectivity index (χ1n) is 13.4. The SMILES string of the molecule is Cc1cc([C@@H](C)Nc2ccc(Cl)nc2C(=O)OC(C)(C)C)c2nc(-c3ccc(-c4cnn(C)c4)nc3)n(C)c(=O)c2c1. The molecule has 5 rings (SSSR count). The molecule has 42 heavy (non-hydrogen) atoms. The van der Waals surface area contributed by atoms with Crippen LogP contribution < -0.4 is 10.9 Å². The molecule has 10 nitrogen and oxygen atoms in total. The number of carbonyl (C=O) groups is 1. The lowest BCUT2D eigenvalue weighted by Gasteiger charge is -2.22. The number of rotatable bonds is 6. The highest BCUT2D eigenvalue weighted by Gasteiger charge is 2.24. The van der Waals surface area contributed by atoms with Gasteiger partial charge in [-0.05, 0) is 70.5 Å². The quantitative estimate of drug-likeness (QED) is 0.194. The van der Waals surface area contributed by atoms with Crippen LogP contribution in [0.1, 0.15) is 55.4 Å². The molecule has 0 radical (unpaired) electrons. The number of benzene rings is 1. The maximum atomic E-state index is 13.6. The molecule has 0 aliphatic carbocycles. The fraction of sp³-hybridized carbons (Fsp3) is 0.290. The molecule has 1 atom stereocenters. The summed E-state index contributed by atoms with van der Waals surface area (Å²) in [5.41, 5.74) is 4.25. The molecule has 0 bridgehead atoms. The van der Waals surface area contributed by atoms with Crippen LogP contribution >= 0.6 is 11.6 Å². The van der Waals surface area contributed by atoms with Crippen LogP contribution in [0.2, 0.25) is 5.15 Å². The summed E-state index contributed by atoms with van der Waals surface area (Å²) in [4.78, 5) is 40.4. The monoisotopic (exact) mass is 585 g/mol. The smallest absolute Gasteiger partial charge is 0.359 e. The third kappa shape index (κ3) is 5.89. The van der Waals surface area contributed by atoms with E-state index in [-0.39, 0.29) is 22.4 Å². The maximum Gasteiger partial charge on any atom is 0.359 e. The second-order valence-electron chi connectivity index (χ2n) is 11.3. The van der Waals surface area contributed by atoms with Gasteiger partial charge in [-0.25, -0.2) is 14.8 Å². The van der Waals surface area contributed by atoms with Gasteiger partial charge in [-0.15, -0.1) is 0 Å². The second-order valence-corrected chi connectivity index (χ2v) is 11.7. The zero-order valence-corrected chi connectivity index (χ0v) is 25.3. The zero-order valence-electron chi connectivity index (χ0n) is 24.6. The summed E-state index contributed by atoms with van der Waals surface area (Å²) in [6.07, 6.45) is 5.34. The summed E-state index contributed by atoms with van der Waals surface area (Å²) in [6.45, 7) is 9.23. The third-order valence-corrected chi connectivity index (χ3v) is 6.88. The molecule has 0 saturated heterocycles. The van der Waals surface area contributed by atoms with Crippen molar-refractivity contribution in [1.82, 2.24) is 29.3 Å². The van der Waals surface area contributed by atoms with E-state index in [1.54, 1.807) is 57.0 Å². The number of ether oxygens (including phenoxy) is 1. The number of aryl methyl sites for hydroxylation is 2. The van der Waals surface area contributed by atoms with Gasteiger partial charge in [0.2, 0.25) is 0 Å². The minimum absolute atomic E-state index is 0.0746. The number of halogens is 1. The topological polar surface area (TPSA) is 117 Å². The number of nitrogens with one attached hydrogen (secondary N) is 1. The van der Waals surface area contributed by atoms with Gasteiger partial charge in [0.25, 0.3) is 5.56 Å². The summed E-state index contributed by atoms with van der Waals surface area (Å²) in [5.74, 6) is -0.108. The van der Waals surface area contributed by atoms with E-state index in [0.29, 0.717) is 28.0 Å². The molecule has 1 N–H and O–H groups in total. The Morgan fingerprint density at radius 2 is 1.81 bits per heavy atom. The molecule has 0 aliphatic rings. The normalized spacial score (nSPS) is 12.4. The van der Waals surface area contributed by atoms with E-state index in [2.05, 4.69) is 20.4 Å². The van der Waals surface area contributed by atoms with Gasteiger partial charge in [-0.1, -0.05) is 17.7 Å². The minimum atomic E-state index is -0.706. The fourth-order valence-electron chi connectivity index (χ4n) is 4.74. The number of esters is 1. The van der Waals surface area contributed by atoms with Crippen molar-refractivity contribution in [3.63, 3.8) is 0 Å². The Morgan fingerprint density at radius 3 is 2.45 bits per heavy atom. The number of aromatic nitrogens is 6. The van der Waals surface area contributed by atoms with Crippen molar-refractivity contribution in [2.45, 2.75) is 46.3 Å². The predicted octanol–water partition coefficient (Wildman–Crippen LogP) is 5.88. The van der Waals surface area contributed by atoms with Crippen LogP contribution in [0.25, 0.3) is 33.5 Å². The van der Waals surface area contributed by atoms with E-state index < -0.39 is 11.6 Å². The van der Waals surface area contributed by atoms with Gasteiger partial charge in [-0.2, -0.15) is 5.10 Å². The number of fused-ring (bicyclic) bond motifs is 1. The number of carbonyl (C=O) groups excluding carboxylic acids is 1. The fourth-order valence-corrected chi connectivity index (χ4v) is 4.88. The van der Waals surface area contributed by atoms with Gasteiger partial charge in [0.1, 0.15) is 16.6 Å². The number of nitrogens with zero attached hydrogens (tertiary/aromatic N) is 6. The highest BCUT2D eigenvalue weighted by Crippen LogP contribution is 2.30. The number of pyridine rings is 2. The third-order valence-electron chi connectivity index (χ3n) is 6.67. The van der Waals surface area contributed by atoms with Crippen LogP contribution in [0.4, 0.5) is 5.69 Å². The Labute approximate surface area is 248 Å². The highest BCUT2D eigenvalue weighted by molar-refractivity contribution is 6.29. The van der Waals surface area contributed by atoms with Crippen LogP contribution in [0.3, 0.4) is 0 Å². The summed E-state index contributed by atoms with van der Waals surface area (Å²) >= 11 is 6.14. The van der Waals surface area contributed by atoms with Crippen molar-refractivity contribution in [2.24, 2.45) is 14.1 Å². The van der Waals surface area contributed by atoms with Crippen LogP contribution in [0, 0.1) is 6.92 Å². The zero-order chi connectivity index (χ0) is 30.3. The minimum Gasteiger partial charge on any atom is -0.455 e. The standard InChI is InChI=1S/C31H32ClN7O3/c1-17-12-21(18(2)35-24-10-11-25(32)36-27(24)30(41)42-31(3,4)5)26-22(13-17)29(40)39(7)28(37-26)19-8-9-23(33-14-19)20-15-34-38(6)16-20/h8-16,18,35H,1-7H3/t18-/m1/s1. The van der Waals surface area contributed by atoms with Crippen LogP contribution in [0.5, 0.6) is 0 Å². The first-order chi connectivity index (χ1) is 19.8. The molecule has 0 fully saturated rings. The molecule has 0 saturated carbocycles. The first-order valence-corrected chi connectivity index (χ1v) is 13.8. The van der Waals surface area contributed by atoms with Gasteiger partial charge in [0, 0.05) is 43.2 Å². The van der Waals surface area contributed by atoms with E-state index in [1.807, 2.05) is 51.4 Å². The molecular formula is C31H32ClN7O3. The lowest BCUT2D eigenvalue weighted by molar-refractivity contribution is 0.00640. The molecular weight excluding hydrogens is 554 g/mol. The predicted molar refractivity (Wildman–Crippen MR) is 164 cm³/mol. The lowest BCUT2D eigenvalue weighted by atomic mass is 10.0. The number of anilines is 1. The Balaban J connectivity index is 1.56. The molecule has 216 valence electrons. The van der Waals surface area contributed by atoms with Crippen molar-refractivity contribution in [3.8, 4) is 22.6 Å². The maximum absolute atomic E-state index is 13.6. The molecule has 0 unspecified atom stereocenters. The van der Waals surface area contributed by atoms with Crippen LogP contribution in [-0.2, 0) is 18.8 Å². The summed E-state index contributed by atoms with van der Waals surface area (Å²) in [7, 11) is 3.55. The average Bonchev–Trinajstić information content (AvgIpc) is 3.37. The van der Waals surface area contributed by atoms with Crippen molar-refractivity contribution in [2.75, 3.05) is 5.32 Å². The Bertz CT molecular complexity index is 1870. The van der Waals surface area contributed by atoms with Crippen LogP contribution in [0.15, 0.2) is 59.8 Å². The molecule has 4 aromatic heterocycles. The van der Waals surface area contributed by atoms with Crippen LogP contribution in [-0.4, -0.2) is 40.9 Å². The molecule has 0 spiro atoms. The summed E-state index contributed by atoms with van der Waals surface area (Å²) < 4.78 is 8.81. The molecule has 0 amide bonds. The van der Waals surface area contributed by atoms with Gasteiger partial charge in [0.15, 0.2) is 5.69 Å². The number of hydrogen-bond donors (Lipinski definition) is 1. The van der Waals surface area contributed by atoms with Gasteiger partial charge in [0.05, 0.1) is 34.5 Å². The van der Waals surface area contributed by atoms with E-state index in [9.17, 15) is 9.59 Å². The molecule has 11 heteroatoms. The van der Waals surface area contributed by atoms with E-state index in [0.717, 1.165) is 22.4 Å². The second kappa shape index (κ2) is 11.0. The van der Waals surface area contributed by atoms with E-state index >= 15 is 0 Å². The van der Waals surface area contributed by atoms with Gasteiger partial charge < -0.3 is 10.1 Å². The summed E-state index contributed by atoms with van der Waals surface area (Å²) in [6, 6.07) is 10.5. The molecule has 5 aromatic rings. The Hall–Kier alpha value is -4.57. The van der Waals surface area contributed by atoms with Crippen molar-refractivity contribution in [3.05, 3.63) is 87.3 Å². The largest absolute Gasteiger partial charge is 0.455 e. The highest BCUT2D eigenvalue weighted by atomic mass is 35.5. The van der Waals surface area contributed by atoms with Gasteiger partial charge in [-0.3, -0.25) is 19.0 Å². The Kier molecular flexibility index (Phi) is 7.59. The average molecular weight is 586 g/mol. The lowest BCUT2D eigenvalue weighted by Crippen LogP contribution is -2.25. The first kappa shape index (κ1) is 28.9. The van der Waals surface area contributed by atoms with Crippen molar-refractivity contribution in [1.29, 1.82) is 0 Å². The van der Waals surface area contributed by atoms with Crippen molar-refractivity contribution >= 4 is 34.2 Å². The molecule has 1 aromatic carbocycles. The summed E-state index contributed by atoms with van der Waals surface area (Å²) in [5, 5.41) is 8.24. The molecule has 4 heterocycles. The van der Waals surface area contributed by atoms with Gasteiger partial charge >= 0.3 is 5.97 Å². The Morgan fingerprint density at radius 1 is 1.05 bits per heavy atom. The van der Waals surface area contributed by atoms with E-state index in [1.165, 1.54) is 4.57 Å². The van der Waals surface area contributed by atoms with Crippen molar-refractivity contribution < 1.29 is 9.53 Å². The molecule has 0 aliphatic heterocycles. The van der Waals surface area contributed by atoms with E-state index in [4.69, 9.17) is 21.3 Å². The number of hydrogen-bond acceptors (Lipinski definition) is 8.